The molecule has 0 amide bonds. The van der Waals surface area contributed by atoms with Gasteiger partial charge in [-0.3, -0.25) is 9.78 Å². The maximum atomic E-state index is 13.6. The van der Waals surface area contributed by atoms with Crippen molar-refractivity contribution in [3.8, 4) is 16.9 Å². The first-order valence-corrected chi connectivity index (χ1v) is 6.85. The van der Waals surface area contributed by atoms with Gasteiger partial charge in [-0.2, -0.15) is 8.78 Å². The number of aliphatic carboxylic acids is 1. The van der Waals surface area contributed by atoms with Gasteiger partial charge in [0, 0.05) is 24.0 Å². The second-order valence-corrected chi connectivity index (χ2v) is 5.40. The van der Waals surface area contributed by atoms with E-state index in [2.05, 4.69) is 9.72 Å². The highest BCUT2D eigenvalue weighted by molar-refractivity contribution is 5.85. The fourth-order valence-corrected chi connectivity index (χ4v) is 2.51. The molecule has 1 aliphatic carbocycles. The maximum Gasteiger partial charge on any atom is 0.387 e. The molecule has 1 aliphatic rings. The van der Waals surface area contributed by atoms with Crippen LogP contribution in [0.15, 0.2) is 36.7 Å². The molecule has 1 N–H and O–H groups in total. The number of carboxylic acid groups (broad SMARTS) is 1. The number of carboxylic acids is 1. The summed E-state index contributed by atoms with van der Waals surface area (Å²) in [5.74, 6) is -1.97. The van der Waals surface area contributed by atoms with Crippen LogP contribution in [0.3, 0.4) is 0 Å². The van der Waals surface area contributed by atoms with Crippen LogP contribution in [0.4, 0.5) is 13.2 Å². The van der Waals surface area contributed by atoms with Gasteiger partial charge in [-0.05, 0) is 42.2 Å². The highest BCUT2D eigenvalue weighted by atomic mass is 19.3. The smallest absolute Gasteiger partial charge is 0.387 e. The summed E-state index contributed by atoms with van der Waals surface area (Å²) in [6, 6.07) is 4.86. The van der Waals surface area contributed by atoms with Gasteiger partial charge in [0.15, 0.2) is 0 Å². The number of ether oxygens (including phenoxy) is 1. The standard InChI is InChI=1S/C16H12F3NO3/c17-12-4-9(5-13(6-12)23-15(18)19)10-3-11(8-20-7-10)16(1-2-16)14(21)22/h3-8,15H,1-2H2,(H,21,22). The first-order valence-electron chi connectivity index (χ1n) is 6.85. The molecule has 1 aromatic heterocycles. The number of nitrogens with zero attached hydrogens (tertiary/aromatic N) is 1. The van der Waals surface area contributed by atoms with Crippen LogP contribution in [0.2, 0.25) is 0 Å². The lowest BCUT2D eigenvalue weighted by Gasteiger charge is -2.12. The third kappa shape index (κ3) is 2.99. The van der Waals surface area contributed by atoms with Gasteiger partial charge < -0.3 is 9.84 Å². The molecular weight excluding hydrogens is 311 g/mol. The minimum Gasteiger partial charge on any atom is -0.481 e. The van der Waals surface area contributed by atoms with Crippen molar-refractivity contribution in [2.24, 2.45) is 0 Å². The molecule has 0 spiro atoms. The Morgan fingerprint density at radius 2 is 1.91 bits per heavy atom. The number of carbonyl (C=O) groups is 1. The Bertz CT molecular complexity index is 760. The number of rotatable bonds is 5. The van der Waals surface area contributed by atoms with Crippen molar-refractivity contribution in [3.63, 3.8) is 0 Å². The lowest BCUT2D eigenvalue weighted by molar-refractivity contribution is -0.140. The third-order valence-corrected chi connectivity index (χ3v) is 3.88. The van der Waals surface area contributed by atoms with E-state index in [9.17, 15) is 23.1 Å². The summed E-state index contributed by atoms with van der Waals surface area (Å²) >= 11 is 0. The Kier molecular flexibility index (Phi) is 3.71. The van der Waals surface area contributed by atoms with Crippen LogP contribution in [0.5, 0.6) is 5.75 Å². The fourth-order valence-electron chi connectivity index (χ4n) is 2.51. The molecule has 0 radical (unpaired) electrons. The third-order valence-electron chi connectivity index (χ3n) is 3.88. The zero-order valence-electron chi connectivity index (χ0n) is 11.8. The van der Waals surface area contributed by atoms with Gasteiger partial charge in [0.2, 0.25) is 0 Å². The van der Waals surface area contributed by atoms with Crippen LogP contribution in [-0.4, -0.2) is 22.7 Å². The molecule has 0 saturated heterocycles. The van der Waals surface area contributed by atoms with Crippen molar-refractivity contribution in [3.05, 3.63) is 48.0 Å². The maximum absolute atomic E-state index is 13.6. The molecule has 0 bridgehead atoms. The number of hydrogen-bond acceptors (Lipinski definition) is 3. The Morgan fingerprint density at radius 1 is 1.17 bits per heavy atom. The summed E-state index contributed by atoms with van der Waals surface area (Å²) in [5.41, 5.74) is 0.298. The van der Waals surface area contributed by atoms with E-state index in [1.807, 2.05) is 0 Å². The van der Waals surface area contributed by atoms with E-state index in [1.165, 1.54) is 18.5 Å². The van der Waals surface area contributed by atoms with Crippen LogP contribution in [0, 0.1) is 5.82 Å². The molecule has 1 aromatic carbocycles. The van der Waals surface area contributed by atoms with Gasteiger partial charge in [-0.15, -0.1) is 0 Å². The Labute approximate surface area is 129 Å². The predicted molar refractivity (Wildman–Crippen MR) is 74.8 cm³/mol. The largest absolute Gasteiger partial charge is 0.481 e. The van der Waals surface area contributed by atoms with E-state index in [1.54, 1.807) is 6.07 Å². The summed E-state index contributed by atoms with van der Waals surface area (Å²) < 4.78 is 42.4. The fraction of sp³-hybridized carbons (Fsp3) is 0.250. The molecule has 120 valence electrons. The van der Waals surface area contributed by atoms with E-state index in [0.717, 1.165) is 12.1 Å². The summed E-state index contributed by atoms with van der Waals surface area (Å²) in [6.45, 7) is -3.06. The lowest BCUT2D eigenvalue weighted by Crippen LogP contribution is -2.19. The predicted octanol–water partition coefficient (Wildman–Crippen LogP) is 3.61. The van der Waals surface area contributed by atoms with Gasteiger partial charge in [0.1, 0.15) is 11.6 Å². The summed E-state index contributed by atoms with van der Waals surface area (Å²) in [6.07, 6.45) is 3.90. The van der Waals surface area contributed by atoms with E-state index in [4.69, 9.17) is 0 Å². The van der Waals surface area contributed by atoms with Gasteiger partial charge in [0.05, 0.1) is 5.41 Å². The SMILES string of the molecule is O=C(O)C1(c2cncc(-c3cc(F)cc(OC(F)F)c3)c2)CC1. The summed E-state index contributed by atoms with van der Waals surface area (Å²) in [4.78, 5) is 15.4. The molecule has 0 unspecified atom stereocenters. The van der Waals surface area contributed by atoms with Crippen molar-refractivity contribution < 1.29 is 27.8 Å². The number of halogens is 3. The molecule has 23 heavy (non-hydrogen) atoms. The number of hydrogen-bond donors (Lipinski definition) is 1. The molecule has 7 heteroatoms. The Balaban J connectivity index is 1.99. The van der Waals surface area contributed by atoms with Crippen molar-refractivity contribution in [1.29, 1.82) is 0 Å². The Morgan fingerprint density at radius 3 is 2.52 bits per heavy atom. The van der Waals surface area contributed by atoms with E-state index in [-0.39, 0.29) is 11.3 Å². The summed E-state index contributed by atoms with van der Waals surface area (Å²) in [5, 5.41) is 9.31. The van der Waals surface area contributed by atoms with Crippen LogP contribution in [-0.2, 0) is 10.2 Å². The number of alkyl halides is 2. The molecule has 1 fully saturated rings. The molecule has 0 aliphatic heterocycles. The zero-order chi connectivity index (χ0) is 16.6. The Hall–Kier alpha value is -2.57. The molecular formula is C16H12F3NO3. The molecule has 1 heterocycles. The van der Waals surface area contributed by atoms with Crippen molar-refractivity contribution in [1.82, 2.24) is 4.98 Å². The van der Waals surface area contributed by atoms with E-state index < -0.39 is 23.8 Å². The first-order chi connectivity index (χ1) is 10.9. The zero-order valence-corrected chi connectivity index (χ0v) is 11.8. The van der Waals surface area contributed by atoms with Gasteiger partial charge >= 0.3 is 12.6 Å². The van der Waals surface area contributed by atoms with Crippen LogP contribution in [0.1, 0.15) is 18.4 Å². The lowest BCUT2D eigenvalue weighted by atomic mass is 9.95. The highest BCUT2D eigenvalue weighted by Gasteiger charge is 2.52. The molecule has 4 nitrogen and oxygen atoms in total. The average Bonchev–Trinajstić information content (AvgIpc) is 3.28. The monoisotopic (exact) mass is 323 g/mol. The van der Waals surface area contributed by atoms with Crippen molar-refractivity contribution in [2.75, 3.05) is 0 Å². The van der Waals surface area contributed by atoms with Crippen molar-refractivity contribution in [2.45, 2.75) is 24.9 Å². The van der Waals surface area contributed by atoms with Crippen molar-refractivity contribution >= 4 is 5.97 Å². The quantitative estimate of drug-likeness (QED) is 0.913. The molecule has 1 saturated carbocycles. The van der Waals surface area contributed by atoms with Gasteiger partial charge in [-0.1, -0.05) is 0 Å². The second-order valence-electron chi connectivity index (χ2n) is 5.40. The van der Waals surface area contributed by atoms with Gasteiger partial charge in [-0.25, -0.2) is 4.39 Å². The van der Waals surface area contributed by atoms with E-state index in [0.29, 0.717) is 24.0 Å². The topological polar surface area (TPSA) is 59.4 Å². The van der Waals surface area contributed by atoms with E-state index >= 15 is 0 Å². The van der Waals surface area contributed by atoms with Crippen LogP contribution in [0.25, 0.3) is 11.1 Å². The average molecular weight is 323 g/mol. The molecule has 3 rings (SSSR count). The first kappa shape index (κ1) is 15.3. The molecule has 0 atom stereocenters. The van der Waals surface area contributed by atoms with Crippen LogP contribution >= 0.6 is 0 Å². The number of aromatic nitrogens is 1. The van der Waals surface area contributed by atoms with Crippen LogP contribution < -0.4 is 4.74 Å². The minimum atomic E-state index is -3.06. The highest BCUT2D eigenvalue weighted by Crippen LogP contribution is 2.48. The number of pyridine rings is 1. The summed E-state index contributed by atoms with van der Waals surface area (Å²) in [7, 11) is 0. The van der Waals surface area contributed by atoms with Gasteiger partial charge in [0.25, 0.3) is 0 Å². The molecule has 2 aromatic rings. The second kappa shape index (κ2) is 5.57. The normalized spacial score (nSPS) is 15.5. The number of benzene rings is 1. The minimum absolute atomic E-state index is 0.288.